The van der Waals surface area contributed by atoms with E-state index in [1.807, 2.05) is 30.3 Å². The van der Waals surface area contributed by atoms with Crippen LogP contribution < -0.4 is 0 Å². The minimum atomic E-state index is -3.72. The van der Waals surface area contributed by atoms with Crippen LogP contribution in [-0.2, 0) is 16.4 Å². The molecule has 0 atom stereocenters. The molecule has 0 bridgehead atoms. The summed E-state index contributed by atoms with van der Waals surface area (Å²) in [6, 6.07) is 23.0. The molecule has 4 aromatic rings. The number of nitrogens with one attached hydrogen (secondary N) is 1. The van der Waals surface area contributed by atoms with Crippen molar-refractivity contribution in [3.05, 3.63) is 84.4 Å². The van der Waals surface area contributed by atoms with Gasteiger partial charge in [0.1, 0.15) is 0 Å². The van der Waals surface area contributed by atoms with Crippen molar-refractivity contribution < 1.29 is 13.5 Å². The fourth-order valence-corrected chi connectivity index (χ4v) is 4.71. The quantitative estimate of drug-likeness (QED) is 0.572. The molecule has 26 heavy (non-hydrogen) atoms. The minimum Gasteiger partial charge on any atom is -0.392 e. The first kappa shape index (κ1) is 16.6. The normalized spacial score (nSPS) is 11.7. The van der Waals surface area contributed by atoms with Crippen molar-refractivity contribution in [2.24, 2.45) is 0 Å². The van der Waals surface area contributed by atoms with Gasteiger partial charge in [-0.1, -0.05) is 48.5 Å². The minimum absolute atomic E-state index is 0.182. The maximum Gasteiger partial charge on any atom is 0.207 e. The molecule has 0 saturated carbocycles. The molecule has 5 heteroatoms. The van der Waals surface area contributed by atoms with Gasteiger partial charge in [-0.2, -0.15) is 0 Å². The fraction of sp³-hybridized carbons (Fsp3) is 0.0476. The number of fused-ring (bicyclic) bond motifs is 1. The van der Waals surface area contributed by atoms with E-state index in [9.17, 15) is 13.5 Å². The van der Waals surface area contributed by atoms with Crippen molar-refractivity contribution in [3.8, 4) is 11.3 Å². The van der Waals surface area contributed by atoms with Crippen LogP contribution in [0.25, 0.3) is 22.2 Å². The van der Waals surface area contributed by atoms with E-state index in [0.29, 0.717) is 16.8 Å². The van der Waals surface area contributed by atoms with Crippen molar-refractivity contribution in [1.82, 2.24) is 4.98 Å². The highest BCUT2D eigenvalue weighted by atomic mass is 32.2. The van der Waals surface area contributed by atoms with Gasteiger partial charge in [-0.25, -0.2) is 8.42 Å². The van der Waals surface area contributed by atoms with Crippen LogP contribution in [0.3, 0.4) is 0 Å². The molecule has 0 aliphatic rings. The van der Waals surface area contributed by atoms with Crippen molar-refractivity contribution in [2.75, 3.05) is 0 Å². The number of para-hydroxylation sites is 1. The Bertz CT molecular complexity index is 1150. The zero-order valence-corrected chi connectivity index (χ0v) is 14.7. The van der Waals surface area contributed by atoms with E-state index < -0.39 is 9.84 Å². The third-order valence-electron chi connectivity index (χ3n) is 4.43. The number of aliphatic hydroxyl groups is 1. The zero-order chi connectivity index (χ0) is 18.1. The van der Waals surface area contributed by atoms with Crippen LogP contribution in [-0.4, -0.2) is 18.5 Å². The topological polar surface area (TPSA) is 70.2 Å². The number of benzene rings is 3. The van der Waals surface area contributed by atoms with Crippen molar-refractivity contribution in [3.63, 3.8) is 0 Å². The van der Waals surface area contributed by atoms with Gasteiger partial charge < -0.3 is 10.1 Å². The van der Waals surface area contributed by atoms with E-state index in [-0.39, 0.29) is 16.4 Å². The number of hydrogen-bond donors (Lipinski definition) is 2. The molecule has 1 heterocycles. The molecule has 0 amide bonds. The van der Waals surface area contributed by atoms with E-state index in [4.69, 9.17) is 0 Å². The Balaban J connectivity index is 2.00. The van der Waals surface area contributed by atoms with Crippen LogP contribution in [0.15, 0.2) is 88.7 Å². The van der Waals surface area contributed by atoms with Crippen molar-refractivity contribution in [2.45, 2.75) is 16.4 Å². The lowest BCUT2D eigenvalue weighted by atomic mass is 10.0. The lowest BCUT2D eigenvalue weighted by Crippen LogP contribution is -2.06. The average molecular weight is 363 g/mol. The van der Waals surface area contributed by atoms with Gasteiger partial charge in [-0.3, -0.25) is 0 Å². The van der Waals surface area contributed by atoms with Gasteiger partial charge in [0.25, 0.3) is 0 Å². The third kappa shape index (κ3) is 2.71. The lowest BCUT2D eigenvalue weighted by Gasteiger charge is -2.13. The van der Waals surface area contributed by atoms with Gasteiger partial charge in [0.15, 0.2) is 0 Å². The number of hydrogen-bond acceptors (Lipinski definition) is 3. The van der Waals surface area contributed by atoms with Crippen LogP contribution in [0, 0.1) is 0 Å². The van der Waals surface area contributed by atoms with E-state index in [2.05, 4.69) is 4.98 Å². The Morgan fingerprint density at radius 3 is 2.31 bits per heavy atom. The van der Waals surface area contributed by atoms with Crippen LogP contribution in [0.1, 0.15) is 5.56 Å². The fourth-order valence-electron chi connectivity index (χ4n) is 3.17. The van der Waals surface area contributed by atoms with Crippen molar-refractivity contribution in [1.29, 1.82) is 0 Å². The van der Waals surface area contributed by atoms with Crippen molar-refractivity contribution >= 4 is 20.7 Å². The van der Waals surface area contributed by atoms with Crippen LogP contribution in [0.4, 0.5) is 0 Å². The van der Waals surface area contributed by atoms with Crippen LogP contribution in [0.2, 0.25) is 0 Å². The third-order valence-corrected chi connectivity index (χ3v) is 6.24. The molecule has 0 radical (unpaired) electrons. The van der Waals surface area contributed by atoms with E-state index >= 15 is 0 Å². The molecule has 2 N–H and O–H groups in total. The Hall–Kier alpha value is -2.89. The second-order valence-corrected chi connectivity index (χ2v) is 7.95. The molecule has 3 aromatic carbocycles. The highest BCUT2D eigenvalue weighted by Gasteiger charge is 2.24. The Labute approximate surface area is 151 Å². The molecule has 0 spiro atoms. The highest BCUT2D eigenvalue weighted by molar-refractivity contribution is 7.91. The first-order chi connectivity index (χ1) is 12.6. The molecule has 4 rings (SSSR count). The summed E-state index contributed by atoms with van der Waals surface area (Å²) in [5, 5.41) is 10.8. The molecular weight excluding hydrogens is 346 g/mol. The summed E-state index contributed by atoms with van der Waals surface area (Å²) in [4.78, 5) is 3.69. The maximum atomic E-state index is 13.2. The number of H-pyrrole nitrogens is 1. The summed E-state index contributed by atoms with van der Waals surface area (Å²) in [5.74, 6) is 0. The Kier molecular flexibility index (Phi) is 4.11. The molecule has 0 unspecified atom stereocenters. The second kappa shape index (κ2) is 6.44. The SMILES string of the molecule is O=S(=O)(c1ccccc1)c1cccc(CO)c1-c1cc2ccccc2[nH]1. The molecule has 0 aliphatic heterocycles. The second-order valence-electron chi connectivity index (χ2n) is 6.04. The molecule has 1 aromatic heterocycles. The number of aromatic nitrogens is 1. The summed E-state index contributed by atoms with van der Waals surface area (Å²) >= 11 is 0. The van der Waals surface area contributed by atoms with Gasteiger partial charge in [-0.15, -0.1) is 0 Å². The van der Waals surface area contributed by atoms with E-state index in [1.54, 1.807) is 48.5 Å². The first-order valence-electron chi connectivity index (χ1n) is 8.22. The number of sulfone groups is 1. The van der Waals surface area contributed by atoms with Gasteiger partial charge >= 0.3 is 0 Å². The number of aromatic amines is 1. The van der Waals surface area contributed by atoms with Gasteiger partial charge in [-0.05, 0) is 35.9 Å². The predicted octanol–water partition coefficient (Wildman–Crippen LogP) is 4.16. The number of aliphatic hydroxyl groups excluding tert-OH is 1. The average Bonchev–Trinajstić information content (AvgIpc) is 3.12. The summed E-state index contributed by atoms with van der Waals surface area (Å²) in [6.45, 7) is -0.247. The van der Waals surface area contributed by atoms with Gasteiger partial charge in [0.2, 0.25) is 9.84 Å². The summed E-state index contributed by atoms with van der Waals surface area (Å²) in [5.41, 5.74) is 2.66. The lowest BCUT2D eigenvalue weighted by molar-refractivity contribution is 0.282. The summed E-state index contributed by atoms with van der Waals surface area (Å²) < 4.78 is 26.4. The highest BCUT2D eigenvalue weighted by Crippen LogP contribution is 2.35. The first-order valence-corrected chi connectivity index (χ1v) is 9.70. The maximum absolute atomic E-state index is 13.2. The molecule has 0 saturated heterocycles. The predicted molar refractivity (Wildman–Crippen MR) is 102 cm³/mol. The summed E-state index contributed by atoms with van der Waals surface area (Å²) in [7, 11) is -3.72. The van der Waals surface area contributed by atoms with E-state index in [0.717, 1.165) is 10.9 Å². The molecular formula is C21H17NO3S. The zero-order valence-electron chi connectivity index (χ0n) is 13.9. The smallest absolute Gasteiger partial charge is 0.207 e. The van der Waals surface area contributed by atoms with E-state index in [1.165, 1.54) is 0 Å². The standard InChI is InChI=1S/C21H17NO3S/c23-14-16-8-6-12-20(26(24,25)17-9-2-1-3-10-17)21(16)19-13-15-7-4-5-11-18(15)22-19/h1-13,22-23H,14H2. The van der Waals surface area contributed by atoms with Crippen LogP contribution in [0.5, 0.6) is 0 Å². The summed E-state index contributed by atoms with van der Waals surface area (Å²) in [6.07, 6.45) is 0. The molecule has 0 aliphatic carbocycles. The van der Waals surface area contributed by atoms with Crippen LogP contribution >= 0.6 is 0 Å². The van der Waals surface area contributed by atoms with Gasteiger partial charge in [0, 0.05) is 22.2 Å². The van der Waals surface area contributed by atoms with Gasteiger partial charge in [0.05, 0.1) is 16.4 Å². The largest absolute Gasteiger partial charge is 0.392 e. The number of rotatable bonds is 4. The monoisotopic (exact) mass is 363 g/mol. The Morgan fingerprint density at radius 2 is 1.58 bits per heavy atom. The molecule has 130 valence electrons. The molecule has 4 nitrogen and oxygen atoms in total. The molecule has 0 fully saturated rings. The Morgan fingerprint density at radius 1 is 0.846 bits per heavy atom.